The van der Waals surface area contributed by atoms with Crippen LogP contribution in [-0.4, -0.2) is 62.8 Å². The van der Waals surface area contributed by atoms with Gasteiger partial charge in [0.15, 0.2) is 5.16 Å². The summed E-state index contributed by atoms with van der Waals surface area (Å²) in [4.78, 5) is 30.4. The lowest BCUT2D eigenvalue weighted by molar-refractivity contribution is -0.131. The molecule has 0 aliphatic carbocycles. The lowest BCUT2D eigenvalue weighted by atomic mass is 10.3. The van der Waals surface area contributed by atoms with E-state index in [1.165, 1.54) is 16.7 Å². The minimum absolute atomic E-state index is 0.0586. The molecule has 0 spiro atoms. The second kappa shape index (κ2) is 8.91. The Labute approximate surface area is 172 Å². The van der Waals surface area contributed by atoms with E-state index in [0.717, 1.165) is 11.4 Å². The van der Waals surface area contributed by atoms with Crippen molar-refractivity contribution in [2.24, 2.45) is 0 Å². The van der Waals surface area contributed by atoms with Crippen molar-refractivity contribution in [1.82, 2.24) is 24.5 Å². The third kappa shape index (κ3) is 5.02. The molecule has 2 amide bonds. The molecular weight excluding hydrogens is 392 g/mol. The predicted octanol–water partition coefficient (Wildman–Crippen LogP) is 1.94. The normalized spacial score (nSPS) is 10.8. The number of hydrogen-bond acceptors (Lipinski definition) is 7. The molecule has 0 saturated heterocycles. The van der Waals surface area contributed by atoms with Crippen molar-refractivity contribution in [1.29, 1.82) is 0 Å². The van der Waals surface area contributed by atoms with Crippen molar-refractivity contribution in [2.75, 3.05) is 31.8 Å². The van der Waals surface area contributed by atoms with Crippen LogP contribution in [0.2, 0.25) is 0 Å². The molecule has 0 atom stereocenters. The van der Waals surface area contributed by atoms with Crippen LogP contribution in [0.15, 0.2) is 35.5 Å². The predicted molar refractivity (Wildman–Crippen MR) is 110 cm³/mol. The van der Waals surface area contributed by atoms with Crippen LogP contribution in [0.25, 0.3) is 5.78 Å². The molecule has 0 bridgehead atoms. The van der Waals surface area contributed by atoms with Crippen LogP contribution >= 0.6 is 11.8 Å². The summed E-state index contributed by atoms with van der Waals surface area (Å²) >= 11 is 1.26. The van der Waals surface area contributed by atoms with Gasteiger partial charge < -0.3 is 15.0 Å². The van der Waals surface area contributed by atoms with Gasteiger partial charge >= 0.3 is 0 Å². The average molecular weight is 414 g/mol. The number of aromatic nitrogens is 4. The van der Waals surface area contributed by atoms with Crippen LogP contribution < -0.4 is 10.1 Å². The number of carbonyl (C=O) groups is 2. The molecule has 0 unspecified atom stereocenters. The highest BCUT2D eigenvalue weighted by Gasteiger charge is 2.16. The second-order valence-corrected chi connectivity index (χ2v) is 7.42. The largest absolute Gasteiger partial charge is 0.497 e. The summed E-state index contributed by atoms with van der Waals surface area (Å²) in [7, 11) is 3.15. The highest BCUT2D eigenvalue weighted by molar-refractivity contribution is 7.99. The van der Waals surface area contributed by atoms with Gasteiger partial charge in [-0.3, -0.25) is 14.0 Å². The maximum absolute atomic E-state index is 12.4. The van der Waals surface area contributed by atoms with Crippen molar-refractivity contribution in [3.63, 3.8) is 0 Å². The molecule has 3 rings (SSSR count). The molecule has 2 aromatic heterocycles. The van der Waals surface area contributed by atoms with Crippen molar-refractivity contribution in [3.8, 4) is 5.75 Å². The fraction of sp³-hybridized carbons (Fsp3) is 0.316. The number of rotatable bonds is 7. The van der Waals surface area contributed by atoms with Crippen molar-refractivity contribution in [3.05, 3.63) is 41.7 Å². The van der Waals surface area contributed by atoms with E-state index < -0.39 is 0 Å². The van der Waals surface area contributed by atoms with Crippen LogP contribution in [0.1, 0.15) is 11.4 Å². The summed E-state index contributed by atoms with van der Waals surface area (Å²) in [5.74, 6) is 0.803. The van der Waals surface area contributed by atoms with E-state index in [4.69, 9.17) is 4.74 Å². The van der Waals surface area contributed by atoms with Gasteiger partial charge in [-0.05, 0) is 32.0 Å². The van der Waals surface area contributed by atoms with Crippen LogP contribution in [0.4, 0.5) is 5.69 Å². The van der Waals surface area contributed by atoms with E-state index in [9.17, 15) is 9.59 Å². The number of nitrogens with zero attached hydrogens (tertiary/aromatic N) is 5. The van der Waals surface area contributed by atoms with E-state index in [1.54, 1.807) is 42.8 Å². The van der Waals surface area contributed by atoms with Gasteiger partial charge in [0.2, 0.25) is 11.8 Å². The number of aryl methyl sites for hydroxylation is 2. The number of methoxy groups -OCH3 is 1. The topological polar surface area (TPSA) is 102 Å². The van der Waals surface area contributed by atoms with Gasteiger partial charge in [0.1, 0.15) is 5.75 Å². The fourth-order valence-corrected chi connectivity index (χ4v) is 3.66. The Morgan fingerprint density at radius 2 is 2.03 bits per heavy atom. The Morgan fingerprint density at radius 3 is 2.79 bits per heavy atom. The third-order valence-corrected chi connectivity index (χ3v) is 5.06. The molecule has 29 heavy (non-hydrogen) atoms. The van der Waals surface area contributed by atoms with Gasteiger partial charge in [-0.2, -0.15) is 0 Å². The number of ether oxygens (including phenoxy) is 1. The number of anilines is 1. The summed E-state index contributed by atoms with van der Waals surface area (Å²) in [6.07, 6.45) is 0. The quantitative estimate of drug-likeness (QED) is 0.590. The Bertz CT molecular complexity index is 1050. The van der Waals surface area contributed by atoms with Crippen molar-refractivity contribution >= 4 is 35.0 Å². The number of benzene rings is 1. The van der Waals surface area contributed by atoms with Gasteiger partial charge in [-0.25, -0.2) is 4.98 Å². The van der Waals surface area contributed by atoms with Crippen molar-refractivity contribution in [2.45, 2.75) is 19.0 Å². The molecule has 152 valence electrons. The Morgan fingerprint density at radius 1 is 1.24 bits per heavy atom. The SMILES string of the molecule is COc1cccc(NC(=O)CN(C)C(=O)CSc2nnc3nc(C)cc(C)n23)c1. The zero-order valence-electron chi connectivity index (χ0n) is 16.7. The van der Waals surface area contributed by atoms with E-state index in [2.05, 4.69) is 20.5 Å². The standard InChI is InChI=1S/C19H22N6O3S/c1-12-8-13(2)25-18(20-12)22-23-19(25)29-11-17(27)24(3)10-16(26)21-14-6-5-7-15(9-14)28-4/h5-9H,10-11H2,1-4H3,(H,21,26). The molecule has 2 heterocycles. The number of thioether (sulfide) groups is 1. The van der Waals surface area contributed by atoms with E-state index in [-0.39, 0.29) is 24.1 Å². The minimum atomic E-state index is -0.289. The van der Waals surface area contributed by atoms with E-state index in [1.807, 2.05) is 19.9 Å². The maximum Gasteiger partial charge on any atom is 0.256 e. The number of hydrogen-bond donors (Lipinski definition) is 1. The summed E-state index contributed by atoms with van der Waals surface area (Å²) < 4.78 is 6.94. The first-order chi connectivity index (χ1) is 13.9. The summed E-state index contributed by atoms with van der Waals surface area (Å²) in [5.41, 5.74) is 2.41. The Hall–Kier alpha value is -3.14. The smallest absolute Gasteiger partial charge is 0.256 e. The lowest BCUT2D eigenvalue weighted by Crippen LogP contribution is -2.36. The van der Waals surface area contributed by atoms with Crippen LogP contribution in [-0.2, 0) is 9.59 Å². The number of likely N-dealkylation sites (N-methyl/N-ethyl adjacent to an activating group) is 1. The van der Waals surface area contributed by atoms with Crippen molar-refractivity contribution < 1.29 is 14.3 Å². The first kappa shape index (κ1) is 20.6. The molecule has 1 aromatic carbocycles. The summed E-state index contributed by atoms with van der Waals surface area (Å²) in [6, 6.07) is 8.96. The summed E-state index contributed by atoms with van der Waals surface area (Å²) in [5, 5.41) is 11.5. The third-order valence-electron chi connectivity index (χ3n) is 4.15. The number of carbonyl (C=O) groups excluding carboxylic acids is 2. The van der Waals surface area contributed by atoms with Gasteiger partial charge in [0, 0.05) is 30.2 Å². The number of nitrogens with one attached hydrogen (secondary N) is 1. The van der Waals surface area contributed by atoms with Gasteiger partial charge in [0.25, 0.3) is 5.78 Å². The molecule has 0 aliphatic rings. The molecule has 0 fully saturated rings. The molecule has 9 nitrogen and oxygen atoms in total. The first-order valence-electron chi connectivity index (χ1n) is 8.87. The molecule has 0 aliphatic heterocycles. The maximum atomic E-state index is 12.4. The van der Waals surface area contributed by atoms with E-state index >= 15 is 0 Å². The van der Waals surface area contributed by atoms with Crippen LogP contribution in [0, 0.1) is 13.8 Å². The minimum Gasteiger partial charge on any atom is -0.497 e. The van der Waals surface area contributed by atoms with Crippen LogP contribution in [0.3, 0.4) is 0 Å². The zero-order valence-corrected chi connectivity index (χ0v) is 17.5. The van der Waals surface area contributed by atoms with Gasteiger partial charge in [-0.1, -0.05) is 17.8 Å². The Kier molecular flexibility index (Phi) is 6.32. The lowest BCUT2D eigenvalue weighted by Gasteiger charge is -2.16. The summed E-state index contributed by atoms with van der Waals surface area (Å²) in [6.45, 7) is 3.77. The second-order valence-electron chi connectivity index (χ2n) is 6.48. The number of fused-ring (bicyclic) bond motifs is 1. The van der Waals surface area contributed by atoms with Crippen LogP contribution in [0.5, 0.6) is 5.75 Å². The molecule has 1 N–H and O–H groups in total. The number of amides is 2. The highest BCUT2D eigenvalue weighted by Crippen LogP contribution is 2.19. The first-order valence-corrected chi connectivity index (χ1v) is 9.86. The highest BCUT2D eigenvalue weighted by atomic mass is 32.2. The fourth-order valence-electron chi connectivity index (χ4n) is 2.74. The average Bonchev–Trinajstić information content (AvgIpc) is 3.09. The van der Waals surface area contributed by atoms with Gasteiger partial charge in [0.05, 0.1) is 19.4 Å². The molecule has 10 heteroatoms. The molecule has 0 radical (unpaired) electrons. The molecule has 3 aromatic rings. The zero-order chi connectivity index (χ0) is 21.0. The monoisotopic (exact) mass is 414 g/mol. The Balaban J connectivity index is 1.56. The molecular formula is C19H22N6O3S. The molecule has 0 saturated carbocycles. The van der Waals surface area contributed by atoms with Gasteiger partial charge in [-0.15, -0.1) is 10.2 Å². The van der Waals surface area contributed by atoms with E-state index in [0.29, 0.717) is 22.4 Å².